The molecule has 5 rings (SSSR count). The largest absolute Gasteiger partial charge is 0.364 e. The van der Waals surface area contributed by atoms with Gasteiger partial charge in [0.1, 0.15) is 11.6 Å². The van der Waals surface area contributed by atoms with Crippen LogP contribution in [0, 0.1) is 0 Å². The first-order valence-corrected chi connectivity index (χ1v) is 9.24. The summed E-state index contributed by atoms with van der Waals surface area (Å²) in [7, 11) is 0. The van der Waals surface area contributed by atoms with Gasteiger partial charge in [-0.15, -0.1) is 0 Å². The van der Waals surface area contributed by atoms with Crippen LogP contribution < -0.4 is 5.56 Å². The lowest BCUT2D eigenvalue weighted by Gasteiger charge is -2.17. The summed E-state index contributed by atoms with van der Waals surface area (Å²) in [5.74, 6) is 0.871. The maximum Gasteiger partial charge on any atom is 0.279 e. The summed E-state index contributed by atoms with van der Waals surface area (Å²) in [5, 5.41) is 10.4. The summed E-state index contributed by atoms with van der Waals surface area (Å²) in [6, 6.07) is 18.7. The second-order valence-electron chi connectivity index (χ2n) is 6.75. The number of H-pyrrole nitrogens is 1. The summed E-state index contributed by atoms with van der Waals surface area (Å²) in [6.07, 6.45) is -2.71. The first-order chi connectivity index (χ1) is 14.1. The monoisotopic (exact) mass is 390 g/mol. The van der Waals surface area contributed by atoms with E-state index in [9.17, 15) is 9.90 Å². The summed E-state index contributed by atoms with van der Waals surface area (Å²) < 4.78 is 12.8. The number of hydrogen-bond acceptors (Lipinski definition) is 6. The van der Waals surface area contributed by atoms with E-state index in [1.54, 1.807) is 11.5 Å². The molecule has 29 heavy (non-hydrogen) atoms. The molecule has 1 saturated heterocycles. The van der Waals surface area contributed by atoms with Crippen LogP contribution >= 0.6 is 0 Å². The lowest BCUT2D eigenvalue weighted by Crippen LogP contribution is -2.22. The van der Waals surface area contributed by atoms with Crippen molar-refractivity contribution in [3.63, 3.8) is 0 Å². The highest BCUT2D eigenvalue weighted by molar-refractivity contribution is 5.78. The van der Waals surface area contributed by atoms with Crippen LogP contribution in [0.15, 0.2) is 65.5 Å². The highest BCUT2D eigenvalue weighted by Gasteiger charge is 2.37. The second-order valence-corrected chi connectivity index (χ2v) is 6.75. The minimum atomic E-state index is -1.22. The number of hydrogen-bond donors (Lipinski definition) is 2. The van der Waals surface area contributed by atoms with Gasteiger partial charge in [0.15, 0.2) is 23.7 Å². The molecular weight excluding hydrogens is 372 g/mol. The molecule has 8 nitrogen and oxygen atoms in total. The Kier molecular flexibility index (Phi) is 4.24. The molecule has 0 aliphatic carbocycles. The molecule has 1 aliphatic heterocycles. The van der Waals surface area contributed by atoms with Gasteiger partial charge in [-0.25, -0.2) is 9.97 Å². The van der Waals surface area contributed by atoms with Gasteiger partial charge in [-0.3, -0.25) is 9.36 Å². The van der Waals surface area contributed by atoms with Gasteiger partial charge >= 0.3 is 0 Å². The van der Waals surface area contributed by atoms with Gasteiger partial charge in [0.2, 0.25) is 6.29 Å². The molecule has 1 fully saturated rings. The van der Waals surface area contributed by atoms with Crippen molar-refractivity contribution in [3.8, 4) is 22.8 Å². The van der Waals surface area contributed by atoms with Gasteiger partial charge in [0, 0.05) is 11.1 Å². The number of nitrogens with one attached hydrogen (secondary N) is 1. The average molecular weight is 390 g/mol. The molecule has 146 valence electrons. The smallest absolute Gasteiger partial charge is 0.279 e. The molecule has 0 amide bonds. The molecular formula is C21H18N4O4. The van der Waals surface area contributed by atoms with Crippen LogP contribution in [-0.4, -0.2) is 37.2 Å². The number of imidazole rings is 1. The minimum absolute atomic E-state index is 0.166. The molecule has 2 aromatic heterocycles. The molecule has 2 aromatic carbocycles. The second kappa shape index (κ2) is 6.93. The van der Waals surface area contributed by atoms with Gasteiger partial charge in [-0.05, 0) is 6.92 Å². The van der Waals surface area contributed by atoms with Crippen molar-refractivity contribution in [2.75, 3.05) is 0 Å². The Labute approximate surface area is 165 Å². The number of benzene rings is 2. The van der Waals surface area contributed by atoms with Crippen LogP contribution in [0.1, 0.15) is 13.2 Å². The summed E-state index contributed by atoms with van der Waals surface area (Å²) in [6.45, 7) is 1.69. The number of ether oxygens (including phenoxy) is 2. The van der Waals surface area contributed by atoms with E-state index in [1.165, 1.54) is 0 Å². The first kappa shape index (κ1) is 17.7. The number of aromatic amines is 1. The molecule has 8 heteroatoms. The topological polar surface area (TPSA) is 102 Å². The van der Waals surface area contributed by atoms with Crippen molar-refractivity contribution in [2.45, 2.75) is 25.7 Å². The van der Waals surface area contributed by atoms with Crippen LogP contribution in [0.3, 0.4) is 0 Å². The van der Waals surface area contributed by atoms with E-state index in [-0.39, 0.29) is 11.1 Å². The highest BCUT2D eigenvalue weighted by Crippen LogP contribution is 2.34. The molecule has 0 saturated carbocycles. The Morgan fingerprint density at radius 1 is 0.966 bits per heavy atom. The maximum absolute atomic E-state index is 12.8. The first-order valence-electron chi connectivity index (χ1n) is 9.24. The SMILES string of the molecule is C[C@@H]1O[C@@H](O)[C@H](n2c(-c3ccccc3)nc3c(=O)[nH]c(-c4ccccc4)nc32)O1. The van der Waals surface area contributed by atoms with Gasteiger partial charge in [-0.1, -0.05) is 60.7 Å². The fourth-order valence-corrected chi connectivity index (χ4v) is 3.50. The van der Waals surface area contributed by atoms with Crippen molar-refractivity contribution < 1.29 is 14.6 Å². The lowest BCUT2D eigenvalue weighted by molar-refractivity contribution is -0.106. The third kappa shape index (κ3) is 3.03. The molecule has 0 spiro atoms. The lowest BCUT2D eigenvalue weighted by atomic mass is 10.2. The zero-order valence-electron chi connectivity index (χ0n) is 15.5. The van der Waals surface area contributed by atoms with Crippen molar-refractivity contribution >= 4 is 11.2 Å². The van der Waals surface area contributed by atoms with Crippen LogP contribution in [0.25, 0.3) is 33.9 Å². The number of rotatable bonds is 3. The van der Waals surface area contributed by atoms with Gasteiger partial charge < -0.3 is 19.6 Å². The number of aliphatic hydroxyl groups is 1. The number of aliphatic hydroxyl groups excluding tert-OH is 1. The van der Waals surface area contributed by atoms with Crippen LogP contribution in [0.2, 0.25) is 0 Å². The molecule has 4 aromatic rings. The standard InChI is InChI=1S/C21H18N4O4/c1-12-28-20(21(27)29-12)25-17(14-10-6-3-7-11-14)22-15-18(25)23-16(24-19(15)26)13-8-4-2-5-9-13/h2-12,20-21,27H,1H3,(H,23,24,26)/t12-,20+,21+/m0/s1. The summed E-state index contributed by atoms with van der Waals surface area (Å²) >= 11 is 0. The summed E-state index contributed by atoms with van der Waals surface area (Å²) in [4.78, 5) is 24.8. The van der Waals surface area contributed by atoms with E-state index in [4.69, 9.17) is 9.47 Å². The Hall–Kier alpha value is -3.33. The van der Waals surface area contributed by atoms with Gasteiger partial charge in [0.25, 0.3) is 5.56 Å². The number of aromatic nitrogens is 4. The van der Waals surface area contributed by atoms with Gasteiger partial charge in [-0.2, -0.15) is 0 Å². The quantitative estimate of drug-likeness (QED) is 0.558. The summed E-state index contributed by atoms with van der Waals surface area (Å²) in [5.41, 5.74) is 1.64. The molecule has 0 bridgehead atoms. The van der Waals surface area contributed by atoms with E-state index in [1.807, 2.05) is 60.7 Å². The molecule has 2 N–H and O–H groups in total. The van der Waals surface area contributed by atoms with Crippen LogP contribution in [0.4, 0.5) is 0 Å². The average Bonchev–Trinajstić information content (AvgIpc) is 3.28. The Morgan fingerprint density at radius 3 is 2.24 bits per heavy atom. The highest BCUT2D eigenvalue weighted by atomic mass is 16.8. The fourth-order valence-electron chi connectivity index (χ4n) is 3.50. The zero-order chi connectivity index (χ0) is 20.0. The number of nitrogens with zero attached hydrogens (tertiary/aromatic N) is 3. The molecule has 0 radical (unpaired) electrons. The Balaban J connectivity index is 1.80. The van der Waals surface area contributed by atoms with E-state index < -0.39 is 18.8 Å². The van der Waals surface area contributed by atoms with Crippen molar-refractivity contribution in [3.05, 3.63) is 71.0 Å². The Bertz CT molecular complexity index is 1220. The molecule has 3 heterocycles. The van der Waals surface area contributed by atoms with E-state index in [0.29, 0.717) is 17.3 Å². The third-order valence-corrected chi connectivity index (χ3v) is 4.79. The normalized spacial score (nSPS) is 21.7. The van der Waals surface area contributed by atoms with Crippen molar-refractivity contribution in [2.24, 2.45) is 0 Å². The predicted octanol–water partition coefficient (Wildman–Crippen LogP) is 2.66. The Morgan fingerprint density at radius 2 is 1.62 bits per heavy atom. The fraction of sp³-hybridized carbons (Fsp3) is 0.190. The van der Waals surface area contributed by atoms with Crippen molar-refractivity contribution in [1.82, 2.24) is 19.5 Å². The van der Waals surface area contributed by atoms with E-state index >= 15 is 0 Å². The molecule has 1 aliphatic rings. The number of fused-ring (bicyclic) bond motifs is 1. The third-order valence-electron chi connectivity index (χ3n) is 4.79. The maximum atomic E-state index is 12.8. The molecule has 0 unspecified atom stereocenters. The van der Waals surface area contributed by atoms with E-state index in [2.05, 4.69) is 15.0 Å². The predicted molar refractivity (Wildman–Crippen MR) is 106 cm³/mol. The zero-order valence-corrected chi connectivity index (χ0v) is 15.5. The van der Waals surface area contributed by atoms with Crippen LogP contribution in [-0.2, 0) is 9.47 Å². The minimum Gasteiger partial charge on any atom is -0.364 e. The van der Waals surface area contributed by atoms with E-state index in [0.717, 1.165) is 11.1 Å². The molecule has 3 atom stereocenters. The van der Waals surface area contributed by atoms with Crippen LogP contribution in [0.5, 0.6) is 0 Å². The van der Waals surface area contributed by atoms with Gasteiger partial charge in [0.05, 0.1) is 0 Å². The van der Waals surface area contributed by atoms with Crippen molar-refractivity contribution in [1.29, 1.82) is 0 Å².